The standard InChI is InChI=1S/C23H19N3O3S2/c24-14-20-23(27-13-12-16-6-8-18(29-25)9-7-16)31-22(26-20)21-11-10-19(30-21)15-28-17-4-2-1-3-5-17/h1-11H,12-13,15,25H2. The van der Waals surface area contributed by atoms with Crippen molar-refractivity contribution < 1.29 is 14.3 Å². The van der Waals surface area contributed by atoms with Gasteiger partial charge in [0.2, 0.25) is 5.06 Å². The highest BCUT2D eigenvalue weighted by molar-refractivity contribution is 7.22. The van der Waals surface area contributed by atoms with Crippen LogP contribution < -0.4 is 20.2 Å². The van der Waals surface area contributed by atoms with Crippen LogP contribution in [0.3, 0.4) is 0 Å². The van der Waals surface area contributed by atoms with Crippen LogP contribution in [0.15, 0.2) is 66.7 Å². The Bertz CT molecular complexity index is 1170. The van der Waals surface area contributed by atoms with Gasteiger partial charge in [-0.1, -0.05) is 41.7 Å². The first-order chi connectivity index (χ1) is 15.2. The zero-order valence-electron chi connectivity index (χ0n) is 16.5. The molecule has 0 fully saturated rings. The van der Waals surface area contributed by atoms with Gasteiger partial charge in [-0.2, -0.15) is 11.2 Å². The first-order valence-electron chi connectivity index (χ1n) is 9.51. The van der Waals surface area contributed by atoms with Crippen molar-refractivity contribution in [2.45, 2.75) is 13.0 Å². The summed E-state index contributed by atoms with van der Waals surface area (Å²) >= 11 is 2.98. The highest BCUT2D eigenvalue weighted by Gasteiger charge is 2.15. The summed E-state index contributed by atoms with van der Waals surface area (Å²) in [7, 11) is 0. The number of nitriles is 1. The van der Waals surface area contributed by atoms with E-state index in [1.807, 2.05) is 54.6 Å². The second kappa shape index (κ2) is 10.1. The number of rotatable bonds is 9. The highest BCUT2D eigenvalue weighted by atomic mass is 32.1. The summed E-state index contributed by atoms with van der Waals surface area (Å²) in [5.41, 5.74) is 1.40. The maximum absolute atomic E-state index is 9.44. The zero-order chi connectivity index (χ0) is 21.5. The lowest BCUT2D eigenvalue weighted by molar-refractivity contribution is 0.310. The molecule has 2 heterocycles. The van der Waals surface area contributed by atoms with Gasteiger partial charge in [-0.05, 0) is 42.0 Å². The molecule has 6 nitrogen and oxygen atoms in total. The van der Waals surface area contributed by atoms with Crippen LogP contribution in [-0.4, -0.2) is 11.6 Å². The van der Waals surface area contributed by atoms with Gasteiger partial charge in [-0.15, -0.1) is 11.3 Å². The number of para-hydroxylation sites is 1. The monoisotopic (exact) mass is 449 g/mol. The number of hydrogen-bond donors (Lipinski definition) is 1. The molecule has 0 aliphatic heterocycles. The molecule has 0 unspecified atom stereocenters. The lowest BCUT2D eigenvalue weighted by Crippen LogP contribution is -2.03. The Morgan fingerprint density at radius 1 is 0.903 bits per heavy atom. The van der Waals surface area contributed by atoms with E-state index in [4.69, 9.17) is 15.4 Å². The second-order valence-corrected chi connectivity index (χ2v) is 8.62. The minimum Gasteiger partial charge on any atom is -0.488 e. The van der Waals surface area contributed by atoms with E-state index in [1.165, 1.54) is 11.3 Å². The molecule has 0 amide bonds. The Kier molecular flexibility index (Phi) is 6.79. The molecule has 0 radical (unpaired) electrons. The van der Waals surface area contributed by atoms with Gasteiger partial charge in [0, 0.05) is 11.3 Å². The number of thiazole rings is 1. The summed E-state index contributed by atoms with van der Waals surface area (Å²) in [5, 5.41) is 10.7. The lowest BCUT2D eigenvalue weighted by atomic mass is 10.1. The molecule has 2 N–H and O–H groups in total. The molecule has 0 saturated carbocycles. The zero-order valence-corrected chi connectivity index (χ0v) is 18.1. The Hall–Kier alpha value is -3.38. The largest absolute Gasteiger partial charge is 0.488 e. The van der Waals surface area contributed by atoms with Crippen molar-refractivity contribution in [3.8, 4) is 32.5 Å². The highest BCUT2D eigenvalue weighted by Crippen LogP contribution is 2.37. The predicted molar refractivity (Wildman–Crippen MR) is 121 cm³/mol. The van der Waals surface area contributed by atoms with E-state index in [1.54, 1.807) is 23.5 Å². The number of ether oxygens (including phenoxy) is 2. The van der Waals surface area contributed by atoms with Crippen LogP contribution >= 0.6 is 22.7 Å². The van der Waals surface area contributed by atoms with Crippen LogP contribution in [0, 0.1) is 11.3 Å². The summed E-state index contributed by atoms with van der Waals surface area (Å²) < 4.78 is 11.7. The first-order valence-corrected chi connectivity index (χ1v) is 11.1. The first kappa shape index (κ1) is 20.9. The summed E-state index contributed by atoms with van der Waals surface area (Å²) in [6, 6.07) is 23.3. The Morgan fingerprint density at radius 2 is 1.71 bits per heavy atom. The van der Waals surface area contributed by atoms with Gasteiger partial charge in [0.25, 0.3) is 0 Å². The van der Waals surface area contributed by atoms with E-state index in [0.29, 0.717) is 36.1 Å². The van der Waals surface area contributed by atoms with Gasteiger partial charge < -0.3 is 14.3 Å². The number of aromatic nitrogens is 1. The normalized spacial score (nSPS) is 10.5. The summed E-state index contributed by atoms with van der Waals surface area (Å²) in [4.78, 5) is 11.2. The summed E-state index contributed by atoms with van der Waals surface area (Å²) in [6.45, 7) is 0.933. The maximum atomic E-state index is 9.44. The summed E-state index contributed by atoms with van der Waals surface area (Å²) in [6.07, 6.45) is 0.697. The van der Waals surface area contributed by atoms with Crippen molar-refractivity contribution in [2.24, 2.45) is 5.90 Å². The van der Waals surface area contributed by atoms with E-state index in [2.05, 4.69) is 15.9 Å². The van der Waals surface area contributed by atoms with Gasteiger partial charge in [-0.25, -0.2) is 4.98 Å². The van der Waals surface area contributed by atoms with E-state index in [9.17, 15) is 5.26 Å². The van der Waals surface area contributed by atoms with Crippen molar-refractivity contribution in [3.05, 3.63) is 82.9 Å². The number of benzene rings is 2. The molecule has 156 valence electrons. The van der Waals surface area contributed by atoms with Crippen LogP contribution in [0.2, 0.25) is 0 Å². The smallest absolute Gasteiger partial charge is 0.213 e. The molecule has 0 aliphatic carbocycles. The third-order valence-corrected chi connectivity index (χ3v) is 6.58. The molecule has 31 heavy (non-hydrogen) atoms. The van der Waals surface area contributed by atoms with Crippen molar-refractivity contribution in [3.63, 3.8) is 0 Å². The van der Waals surface area contributed by atoms with Crippen LogP contribution in [0.1, 0.15) is 16.1 Å². The topological polar surface area (TPSA) is 90.4 Å². The number of thiophene rings is 1. The van der Waals surface area contributed by atoms with Crippen molar-refractivity contribution in [1.29, 1.82) is 5.26 Å². The molecule has 4 aromatic rings. The third kappa shape index (κ3) is 5.41. The molecular weight excluding hydrogens is 430 g/mol. The van der Waals surface area contributed by atoms with Crippen LogP contribution in [-0.2, 0) is 13.0 Å². The van der Waals surface area contributed by atoms with Crippen LogP contribution in [0.4, 0.5) is 0 Å². The SMILES string of the molecule is N#Cc1nc(-c2ccc(COc3ccccc3)s2)sc1OCCc1ccc(ON)cc1. The van der Waals surface area contributed by atoms with E-state index >= 15 is 0 Å². The molecule has 2 aromatic carbocycles. The maximum Gasteiger partial charge on any atom is 0.213 e. The fourth-order valence-electron chi connectivity index (χ4n) is 2.82. The minimum atomic E-state index is 0.308. The van der Waals surface area contributed by atoms with Crippen LogP contribution in [0.5, 0.6) is 16.6 Å². The summed E-state index contributed by atoms with van der Waals surface area (Å²) in [5.74, 6) is 6.57. The van der Waals surface area contributed by atoms with E-state index in [0.717, 1.165) is 26.1 Å². The average molecular weight is 450 g/mol. The fraction of sp³-hybridized carbons (Fsp3) is 0.130. The van der Waals surface area contributed by atoms with Crippen molar-refractivity contribution in [2.75, 3.05) is 6.61 Å². The van der Waals surface area contributed by atoms with Gasteiger partial charge in [0.15, 0.2) is 5.69 Å². The van der Waals surface area contributed by atoms with Gasteiger partial charge in [0.1, 0.15) is 29.2 Å². The number of nitrogens with zero attached hydrogens (tertiary/aromatic N) is 2. The fourth-order valence-corrected chi connectivity index (χ4v) is 4.68. The molecule has 4 rings (SSSR count). The Balaban J connectivity index is 1.37. The molecule has 8 heteroatoms. The molecule has 0 atom stereocenters. The third-order valence-electron chi connectivity index (χ3n) is 4.38. The number of hydrogen-bond acceptors (Lipinski definition) is 8. The Labute approximate surface area is 188 Å². The molecule has 0 saturated heterocycles. The molecule has 0 spiro atoms. The second-order valence-electron chi connectivity index (χ2n) is 6.49. The molecule has 2 aromatic heterocycles. The molecule has 0 bridgehead atoms. The lowest BCUT2D eigenvalue weighted by Gasteiger charge is -2.04. The van der Waals surface area contributed by atoms with Crippen LogP contribution in [0.25, 0.3) is 9.88 Å². The minimum absolute atomic E-state index is 0.308. The van der Waals surface area contributed by atoms with Crippen molar-refractivity contribution >= 4 is 22.7 Å². The molecule has 0 aliphatic rings. The van der Waals surface area contributed by atoms with Gasteiger partial charge >= 0.3 is 0 Å². The van der Waals surface area contributed by atoms with Gasteiger partial charge in [0.05, 0.1) is 11.5 Å². The predicted octanol–water partition coefficient (Wildman–Crippen LogP) is 5.20. The Morgan fingerprint density at radius 3 is 2.45 bits per heavy atom. The van der Waals surface area contributed by atoms with E-state index < -0.39 is 0 Å². The quantitative estimate of drug-likeness (QED) is 0.353. The molecular formula is C23H19N3O3S2. The van der Waals surface area contributed by atoms with Crippen molar-refractivity contribution in [1.82, 2.24) is 4.98 Å². The van der Waals surface area contributed by atoms with E-state index in [-0.39, 0.29) is 0 Å². The average Bonchev–Trinajstić information content (AvgIpc) is 3.46. The van der Waals surface area contributed by atoms with Gasteiger partial charge in [-0.3, -0.25) is 0 Å². The number of nitrogens with two attached hydrogens (primary N) is 1.